The zero-order valence-corrected chi connectivity index (χ0v) is 10.5. The number of nitrogens with zero attached hydrogens (tertiary/aromatic N) is 1. The number of esters is 1. The third-order valence-corrected chi connectivity index (χ3v) is 5.25. The maximum absolute atomic E-state index is 11.9. The van der Waals surface area contributed by atoms with Gasteiger partial charge in [0.25, 0.3) is 0 Å². The number of aliphatic carboxylic acids is 1. The van der Waals surface area contributed by atoms with E-state index in [1.54, 1.807) is 0 Å². The average Bonchev–Trinajstić information content (AvgIpc) is 3.05. The molecule has 2 aliphatic heterocycles. The standard InChI is InChI=1S/C13H13NO6/c15-6-1-2-7(16)14(6)10-4-3-5-9(8(4)12(17)18)13(19)20-11(5)10/h4-5,8-11H,1-3H2,(H,17,18). The third kappa shape index (κ3) is 1.21. The van der Waals surface area contributed by atoms with Crippen molar-refractivity contribution in [1.82, 2.24) is 4.90 Å². The van der Waals surface area contributed by atoms with Crippen LogP contribution in [0.3, 0.4) is 0 Å². The average molecular weight is 279 g/mol. The summed E-state index contributed by atoms with van der Waals surface area (Å²) in [7, 11) is 0. The van der Waals surface area contributed by atoms with Gasteiger partial charge in [-0.1, -0.05) is 0 Å². The summed E-state index contributed by atoms with van der Waals surface area (Å²) in [6.45, 7) is 0. The molecule has 0 aromatic carbocycles. The van der Waals surface area contributed by atoms with E-state index < -0.39 is 35.9 Å². The highest BCUT2D eigenvalue weighted by Gasteiger charge is 2.70. The van der Waals surface area contributed by atoms with Crippen LogP contribution in [0.4, 0.5) is 0 Å². The Morgan fingerprint density at radius 2 is 1.80 bits per heavy atom. The van der Waals surface area contributed by atoms with E-state index in [1.165, 1.54) is 4.90 Å². The minimum absolute atomic E-state index is 0.161. The Morgan fingerprint density at radius 3 is 2.40 bits per heavy atom. The van der Waals surface area contributed by atoms with Crippen molar-refractivity contribution in [2.45, 2.75) is 31.4 Å². The van der Waals surface area contributed by atoms with Gasteiger partial charge in [-0.3, -0.25) is 24.1 Å². The molecule has 4 rings (SSSR count). The molecular formula is C13H13NO6. The maximum Gasteiger partial charge on any atom is 0.310 e. The molecule has 6 atom stereocenters. The predicted molar refractivity (Wildman–Crippen MR) is 61.0 cm³/mol. The maximum atomic E-state index is 11.9. The molecule has 2 saturated heterocycles. The molecule has 4 aliphatic rings. The molecule has 4 fully saturated rings. The van der Waals surface area contributed by atoms with E-state index >= 15 is 0 Å². The van der Waals surface area contributed by atoms with Gasteiger partial charge < -0.3 is 9.84 Å². The van der Waals surface area contributed by atoms with Crippen LogP contribution in [-0.2, 0) is 23.9 Å². The van der Waals surface area contributed by atoms with E-state index in [0.717, 1.165) is 0 Å². The first-order valence-corrected chi connectivity index (χ1v) is 6.79. The Labute approximate surface area is 113 Å². The molecule has 0 radical (unpaired) electrons. The molecular weight excluding hydrogens is 266 g/mol. The van der Waals surface area contributed by atoms with Crippen molar-refractivity contribution < 1.29 is 29.0 Å². The third-order valence-electron chi connectivity index (χ3n) is 5.25. The normalized spacial score (nSPS) is 45.4. The quantitative estimate of drug-likeness (QED) is 0.535. The Morgan fingerprint density at radius 1 is 1.15 bits per heavy atom. The summed E-state index contributed by atoms with van der Waals surface area (Å²) in [5.74, 6) is -4.05. The lowest BCUT2D eigenvalue weighted by molar-refractivity contribution is -0.152. The molecule has 106 valence electrons. The van der Waals surface area contributed by atoms with Gasteiger partial charge in [-0.25, -0.2) is 0 Å². The van der Waals surface area contributed by atoms with Gasteiger partial charge in [0.1, 0.15) is 6.10 Å². The molecule has 2 aliphatic carbocycles. The molecule has 2 bridgehead atoms. The van der Waals surface area contributed by atoms with Crippen molar-refractivity contribution in [3.05, 3.63) is 0 Å². The number of imide groups is 1. The Balaban J connectivity index is 1.76. The topological polar surface area (TPSA) is 101 Å². The number of fused-ring (bicyclic) bond motifs is 1. The molecule has 2 saturated carbocycles. The van der Waals surface area contributed by atoms with Gasteiger partial charge in [-0.15, -0.1) is 0 Å². The van der Waals surface area contributed by atoms with E-state index in [9.17, 15) is 24.3 Å². The fraction of sp³-hybridized carbons (Fsp3) is 0.692. The van der Waals surface area contributed by atoms with Crippen molar-refractivity contribution in [2.24, 2.45) is 23.7 Å². The number of carbonyl (C=O) groups is 4. The molecule has 0 aromatic rings. The second-order valence-corrected chi connectivity index (χ2v) is 6.00. The van der Waals surface area contributed by atoms with Crippen LogP contribution >= 0.6 is 0 Å². The summed E-state index contributed by atoms with van der Waals surface area (Å²) in [5.41, 5.74) is 0. The summed E-state index contributed by atoms with van der Waals surface area (Å²) in [6.07, 6.45) is 0.363. The molecule has 2 amide bonds. The second kappa shape index (κ2) is 3.59. The first-order valence-electron chi connectivity index (χ1n) is 6.79. The summed E-state index contributed by atoms with van der Waals surface area (Å²) in [4.78, 5) is 48.3. The molecule has 1 N–H and O–H groups in total. The first kappa shape index (κ1) is 11.9. The number of hydrogen-bond donors (Lipinski definition) is 1. The smallest absolute Gasteiger partial charge is 0.310 e. The van der Waals surface area contributed by atoms with E-state index in [4.69, 9.17) is 4.74 Å². The Kier molecular flexibility index (Phi) is 2.13. The minimum atomic E-state index is -1.04. The van der Waals surface area contributed by atoms with Crippen LogP contribution in [0.5, 0.6) is 0 Å². The van der Waals surface area contributed by atoms with E-state index in [0.29, 0.717) is 6.42 Å². The van der Waals surface area contributed by atoms with Crippen molar-refractivity contribution in [2.75, 3.05) is 0 Å². The number of ether oxygens (including phenoxy) is 1. The fourth-order valence-corrected chi connectivity index (χ4v) is 4.62. The van der Waals surface area contributed by atoms with Gasteiger partial charge in [-0.2, -0.15) is 0 Å². The van der Waals surface area contributed by atoms with Crippen LogP contribution in [-0.4, -0.2) is 45.9 Å². The number of carboxylic acids is 1. The highest BCUT2D eigenvalue weighted by molar-refractivity contribution is 6.02. The highest BCUT2D eigenvalue weighted by Crippen LogP contribution is 2.59. The number of carbonyl (C=O) groups excluding carboxylic acids is 3. The number of amides is 2. The van der Waals surface area contributed by atoms with Crippen LogP contribution in [0.15, 0.2) is 0 Å². The second-order valence-electron chi connectivity index (χ2n) is 6.00. The number of hydrogen-bond acceptors (Lipinski definition) is 5. The Hall–Kier alpha value is -1.92. The molecule has 6 unspecified atom stereocenters. The van der Waals surface area contributed by atoms with E-state index in [1.807, 2.05) is 0 Å². The van der Waals surface area contributed by atoms with Gasteiger partial charge >= 0.3 is 11.9 Å². The van der Waals surface area contributed by atoms with Gasteiger partial charge in [0, 0.05) is 18.8 Å². The Bertz CT molecular complexity index is 541. The van der Waals surface area contributed by atoms with Crippen molar-refractivity contribution >= 4 is 23.8 Å². The zero-order chi connectivity index (χ0) is 14.2. The van der Waals surface area contributed by atoms with Crippen molar-refractivity contribution in [3.8, 4) is 0 Å². The van der Waals surface area contributed by atoms with Crippen LogP contribution in [0.25, 0.3) is 0 Å². The monoisotopic (exact) mass is 279 g/mol. The first-order chi connectivity index (χ1) is 9.50. The number of rotatable bonds is 2. The van der Waals surface area contributed by atoms with Gasteiger partial charge in [0.05, 0.1) is 17.9 Å². The van der Waals surface area contributed by atoms with E-state index in [-0.39, 0.29) is 36.5 Å². The fourth-order valence-electron chi connectivity index (χ4n) is 4.62. The summed E-state index contributed by atoms with van der Waals surface area (Å²) in [6, 6.07) is -0.578. The van der Waals surface area contributed by atoms with E-state index in [2.05, 4.69) is 0 Å². The molecule has 7 nitrogen and oxygen atoms in total. The van der Waals surface area contributed by atoms with Gasteiger partial charge in [-0.05, 0) is 12.3 Å². The molecule has 20 heavy (non-hydrogen) atoms. The van der Waals surface area contributed by atoms with Gasteiger partial charge in [0.15, 0.2) is 0 Å². The summed E-state index contributed by atoms with van der Waals surface area (Å²) < 4.78 is 5.29. The molecule has 2 heterocycles. The molecule has 7 heteroatoms. The van der Waals surface area contributed by atoms with Crippen LogP contribution in [0.1, 0.15) is 19.3 Å². The lowest BCUT2D eigenvalue weighted by atomic mass is 9.77. The lowest BCUT2D eigenvalue weighted by Gasteiger charge is -2.34. The summed E-state index contributed by atoms with van der Waals surface area (Å²) in [5, 5.41) is 9.37. The summed E-state index contributed by atoms with van der Waals surface area (Å²) >= 11 is 0. The van der Waals surface area contributed by atoms with Crippen LogP contribution in [0, 0.1) is 23.7 Å². The minimum Gasteiger partial charge on any atom is -0.481 e. The van der Waals surface area contributed by atoms with Crippen molar-refractivity contribution in [1.29, 1.82) is 0 Å². The molecule has 0 aromatic heterocycles. The molecule has 0 spiro atoms. The van der Waals surface area contributed by atoms with Crippen molar-refractivity contribution in [3.63, 3.8) is 0 Å². The number of likely N-dealkylation sites (tertiary alicyclic amines) is 1. The van der Waals surface area contributed by atoms with Crippen LogP contribution < -0.4 is 0 Å². The van der Waals surface area contributed by atoms with Gasteiger partial charge in [0.2, 0.25) is 11.8 Å². The highest BCUT2D eigenvalue weighted by atomic mass is 16.6. The largest absolute Gasteiger partial charge is 0.481 e. The van der Waals surface area contributed by atoms with Crippen LogP contribution in [0.2, 0.25) is 0 Å². The predicted octanol–water partition coefficient (Wildman–Crippen LogP) is -0.604. The lowest BCUT2D eigenvalue weighted by Crippen LogP contribution is -2.52. The number of carboxylic acid groups (broad SMARTS) is 1. The SMILES string of the molecule is O=C1OC2C3CC(C(C(=O)O)C13)C2N1C(=O)CCC1=O. The zero-order valence-electron chi connectivity index (χ0n) is 10.5.